The van der Waals surface area contributed by atoms with E-state index in [0.29, 0.717) is 19.4 Å². The molecular weight excluding hydrogens is 294 g/mol. The van der Waals surface area contributed by atoms with Crippen molar-refractivity contribution in [1.29, 1.82) is 0 Å². The first kappa shape index (κ1) is 15.5. The van der Waals surface area contributed by atoms with Crippen molar-refractivity contribution in [2.45, 2.75) is 51.3 Å². The smallest absolute Gasteiger partial charge is 0.220 e. The maximum absolute atomic E-state index is 12.2. The van der Waals surface area contributed by atoms with Crippen molar-refractivity contribution in [2.24, 2.45) is 0 Å². The van der Waals surface area contributed by atoms with Crippen LogP contribution in [0, 0.1) is 0 Å². The summed E-state index contributed by atoms with van der Waals surface area (Å²) in [6.45, 7) is 4.72. The highest BCUT2D eigenvalue weighted by Crippen LogP contribution is 2.39. The molecular formula is C16H21N5O2. The third-order valence-electron chi connectivity index (χ3n) is 3.89. The minimum absolute atomic E-state index is 0.0181. The number of para-hydroxylation sites is 1. The molecule has 1 amide bonds. The second-order valence-corrected chi connectivity index (χ2v) is 6.40. The van der Waals surface area contributed by atoms with Gasteiger partial charge in [-0.05, 0) is 36.8 Å². The third kappa shape index (κ3) is 3.85. The van der Waals surface area contributed by atoms with Gasteiger partial charge in [-0.25, -0.2) is 4.68 Å². The predicted molar refractivity (Wildman–Crippen MR) is 83.7 cm³/mol. The van der Waals surface area contributed by atoms with Crippen molar-refractivity contribution in [1.82, 2.24) is 25.5 Å². The summed E-state index contributed by atoms with van der Waals surface area (Å²) in [5.41, 5.74) is 0.749. The first-order valence-corrected chi connectivity index (χ1v) is 7.82. The van der Waals surface area contributed by atoms with Crippen LogP contribution in [0.2, 0.25) is 0 Å². The third-order valence-corrected chi connectivity index (χ3v) is 3.89. The van der Waals surface area contributed by atoms with Gasteiger partial charge in [0.1, 0.15) is 17.7 Å². The van der Waals surface area contributed by atoms with E-state index < -0.39 is 0 Å². The van der Waals surface area contributed by atoms with Gasteiger partial charge in [0.25, 0.3) is 0 Å². The Morgan fingerprint density at radius 2 is 2.26 bits per heavy atom. The lowest BCUT2D eigenvalue weighted by Crippen LogP contribution is -2.41. The number of hydrogen-bond acceptors (Lipinski definition) is 5. The van der Waals surface area contributed by atoms with E-state index in [1.54, 1.807) is 11.0 Å². The molecule has 0 fully saturated rings. The van der Waals surface area contributed by atoms with E-state index >= 15 is 0 Å². The highest BCUT2D eigenvalue weighted by atomic mass is 16.5. The molecule has 1 aromatic heterocycles. The SMILES string of the molecule is CC1(C)C[C@@H](NC(=O)CCCn2cnnn2)c2ccccc2O1. The van der Waals surface area contributed by atoms with Crippen molar-refractivity contribution in [3.8, 4) is 5.75 Å². The second-order valence-electron chi connectivity index (χ2n) is 6.40. The van der Waals surface area contributed by atoms with Crippen LogP contribution in [0.5, 0.6) is 5.75 Å². The number of amides is 1. The van der Waals surface area contributed by atoms with Crippen LogP contribution in [0.4, 0.5) is 0 Å². The van der Waals surface area contributed by atoms with Crippen molar-refractivity contribution in [2.75, 3.05) is 0 Å². The Hall–Kier alpha value is -2.44. The topological polar surface area (TPSA) is 81.9 Å². The predicted octanol–water partition coefficient (Wildman–Crippen LogP) is 1.87. The molecule has 1 aliphatic rings. The fourth-order valence-electron chi connectivity index (χ4n) is 2.88. The van der Waals surface area contributed by atoms with E-state index in [9.17, 15) is 4.79 Å². The van der Waals surface area contributed by atoms with Gasteiger partial charge in [-0.1, -0.05) is 18.2 Å². The molecule has 0 unspecified atom stereocenters. The van der Waals surface area contributed by atoms with Gasteiger partial charge in [0.2, 0.25) is 5.91 Å². The van der Waals surface area contributed by atoms with Crippen molar-refractivity contribution < 1.29 is 9.53 Å². The molecule has 7 heteroatoms. The standard InChI is InChI=1S/C16H21N5O2/c1-16(2)10-13(12-6-3-4-7-14(12)23-16)18-15(22)8-5-9-21-11-17-19-20-21/h3-4,6-7,11,13H,5,8-10H2,1-2H3,(H,18,22)/t13-/m1/s1. The van der Waals surface area contributed by atoms with Crippen LogP contribution in [-0.2, 0) is 11.3 Å². The van der Waals surface area contributed by atoms with Crippen molar-refractivity contribution in [3.05, 3.63) is 36.2 Å². The van der Waals surface area contributed by atoms with E-state index in [1.807, 2.05) is 38.1 Å². The summed E-state index contributed by atoms with van der Waals surface area (Å²) in [5, 5.41) is 14.1. The molecule has 0 saturated carbocycles. The summed E-state index contributed by atoms with van der Waals surface area (Å²) in [6, 6.07) is 7.86. The summed E-state index contributed by atoms with van der Waals surface area (Å²) in [7, 11) is 0. The molecule has 0 saturated heterocycles. The summed E-state index contributed by atoms with van der Waals surface area (Å²) >= 11 is 0. The molecule has 0 radical (unpaired) electrons. The Labute approximate surface area is 135 Å². The molecule has 122 valence electrons. The average molecular weight is 315 g/mol. The lowest BCUT2D eigenvalue weighted by molar-refractivity contribution is -0.122. The minimum atomic E-state index is -0.293. The van der Waals surface area contributed by atoms with Crippen LogP contribution in [0.1, 0.15) is 44.7 Å². The molecule has 23 heavy (non-hydrogen) atoms. The molecule has 1 atom stereocenters. The maximum atomic E-state index is 12.2. The number of nitrogens with one attached hydrogen (secondary N) is 1. The van der Waals surface area contributed by atoms with Gasteiger partial charge in [0.05, 0.1) is 6.04 Å². The Bertz CT molecular complexity index is 669. The molecule has 0 bridgehead atoms. The number of tetrazole rings is 1. The van der Waals surface area contributed by atoms with Gasteiger partial charge < -0.3 is 10.1 Å². The second kappa shape index (κ2) is 6.36. The lowest BCUT2D eigenvalue weighted by atomic mass is 9.89. The maximum Gasteiger partial charge on any atom is 0.220 e. The van der Waals surface area contributed by atoms with Gasteiger partial charge in [-0.2, -0.15) is 0 Å². The van der Waals surface area contributed by atoms with Crippen molar-refractivity contribution >= 4 is 5.91 Å². The van der Waals surface area contributed by atoms with Gasteiger partial charge in [-0.3, -0.25) is 4.79 Å². The van der Waals surface area contributed by atoms with E-state index in [2.05, 4.69) is 20.8 Å². The van der Waals surface area contributed by atoms with Gasteiger partial charge in [-0.15, -0.1) is 5.10 Å². The number of carbonyl (C=O) groups excluding carboxylic acids is 1. The van der Waals surface area contributed by atoms with Crippen LogP contribution in [-0.4, -0.2) is 31.7 Å². The number of ether oxygens (including phenoxy) is 1. The van der Waals surface area contributed by atoms with E-state index in [0.717, 1.165) is 17.7 Å². The van der Waals surface area contributed by atoms with E-state index in [4.69, 9.17) is 4.74 Å². The average Bonchev–Trinajstić information content (AvgIpc) is 2.99. The molecule has 1 N–H and O–H groups in total. The first-order chi connectivity index (χ1) is 11.0. The zero-order chi connectivity index (χ0) is 16.3. The molecule has 2 aromatic rings. The molecule has 3 rings (SSSR count). The lowest BCUT2D eigenvalue weighted by Gasteiger charge is -2.37. The largest absolute Gasteiger partial charge is 0.487 e. The van der Waals surface area contributed by atoms with E-state index in [1.165, 1.54) is 0 Å². The molecule has 7 nitrogen and oxygen atoms in total. The van der Waals surface area contributed by atoms with Gasteiger partial charge in [0, 0.05) is 24.9 Å². The summed E-state index contributed by atoms with van der Waals surface area (Å²) in [5.74, 6) is 0.887. The van der Waals surface area contributed by atoms with Crippen LogP contribution in [0.25, 0.3) is 0 Å². The minimum Gasteiger partial charge on any atom is -0.487 e. The molecule has 0 spiro atoms. The number of benzene rings is 1. The van der Waals surface area contributed by atoms with Crippen LogP contribution in [0.15, 0.2) is 30.6 Å². The highest BCUT2D eigenvalue weighted by Gasteiger charge is 2.34. The fraction of sp³-hybridized carbons (Fsp3) is 0.500. The Morgan fingerprint density at radius 3 is 3.04 bits per heavy atom. The normalized spacial score (nSPS) is 18.8. The summed E-state index contributed by atoms with van der Waals surface area (Å²) in [6.07, 6.45) is 3.45. The van der Waals surface area contributed by atoms with Crippen LogP contribution in [0.3, 0.4) is 0 Å². The monoisotopic (exact) mass is 315 g/mol. The Balaban J connectivity index is 1.59. The summed E-state index contributed by atoms with van der Waals surface area (Å²) in [4.78, 5) is 12.2. The number of nitrogens with zero attached hydrogens (tertiary/aromatic N) is 4. The summed E-state index contributed by atoms with van der Waals surface area (Å²) < 4.78 is 7.61. The zero-order valence-electron chi connectivity index (χ0n) is 13.4. The molecule has 2 heterocycles. The number of hydrogen-bond donors (Lipinski definition) is 1. The number of aryl methyl sites for hydroxylation is 1. The molecule has 1 aromatic carbocycles. The Morgan fingerprint density at radius 1 is 1.43 bits per heavy atom. The highest BCUT2D eigenvalue weighted by molar-refractivity contribution is 5.76. The number of aromatic nitrogens is 4. The van der Waals surface area contributed by atoms with Gasteiger partial charge in [0.15, 0.2) is 0 Å². The Kier molecular flexibility index (Phi) is 4.27. The molecule has 1 aliphatic heterocycles. The van der Waals surface area contributed by atoms with E-state index in [-0.39, 0.29) is 17.6 Å². The van der Waals surface area contributed by atoms with Crippen LogP contribution < -0.4 is 10.1 Å². The number of fused-ring (bicyclic) bond motifs is 1. The fourth-order valence-corrected chi connectivity index (χ4v) is 2.88. The van der Waals surface area contributed by atoms with Gasteiger partial charge >= 0.3 is 0 Å². The van der Waals surface area contributed by atoms with Crippen molar-refractivity contribution in [3.63, 3.8) is 0 Å². The number of rotatable bonds is 5. The number of carbonyl (C=O) groups is 1. The van der Waals surface area contributed by atoms with Crippen LogP contribution >= 0.6 is 0 Å². The first-order valence-electron chi connectivity index (χ1n) is 7.82. The zero-order valence-corrected chi connectivity index (χ0v) is 13.4. The quantitative estimate of drug-likeness (QED) is 0.911. The molecule has 0 aliphatic carbocycles.